The minimum absolute atomic E-state index is 0.0730. The average Bonchev–Trinajstić information content (AvgIpc) is 2.35. The van der Waals surface area contributed by atoms with E-state index in [-0.39, 0.29) is 18.4 Å². The van der Waals surface area contributed by atoms with Gasteiger partial charge in [0.05, 0.1) is 25.1 Å². The van der Waals surface area contributed by atoms with Crippen LogP contribution in [-0.2, 0) is 10.0 Å². The zero-order valence-electron chi connectivity index (χ0n) is 11.9. The van der Waals surface area contributed by atoms with Crippen LogP contribution >= 0.6 is 0 Å². The van der Waals surface area contributed by atoms with Crippen LogP contribution in [0.15, 0.2) is 30.4 Å². The topological polar surface area (TPSA) is 55.8 Å². The molecule has 1 aliphatic heterocycles. The molecule has 1 aromatic carbocycles. The second-order valence-corrected chi connectivity index (χ2v) is 6.90. The van der Waals surface area contributed by atoms with Crippen LogP contribution in [0.4, 0.5) is 5.69 Å². The molecule has 6 heteroatoms. The summed E-state index contributed by atoms with van der Waals surface area (Å²) >= 11 is 0. The minimum Gasteiger partial charge on any atom is -0.497 e. The Bertz CT molecular complexity index is 624. The van der Waals surface area contributed by atoms with Crippen LogP contribution in [-0.4, -0.2) is 33.9 Å². The fourth-order valence-corrected chi connectivity index (χ4v) is 3.82. The van der Waals surface area contributed by atoms with Crippen molar-refractivity contribution in [3.05, 3.63) is 30.4 Å². The molecule has 5 nitrogen and oxygen atoms in total. The first kappa shape index (κ1) is 14.7. The number of rotatable bonds is 4. The number of anilines is 1. The Morgan fingerprint density at radius 2 is 2.25 bits per heavy atom. The summed E-state index contributed by atoms with van der Waals surface area (Å²) in [4.78, 5) is 0. The molecule has 0 amide bonds. The smallest absolute Gasteiger partial charge is 0.239 e. The zero-order valence-corrected chi connectivity index (χ0v) is 12.7. The number of methoxy groups -OCH3 is 1. The van der Waals surface area contributed by atoms with Crippen molar-refractivity contribution in [2.75, 3.05) is 23.7 Å². The molecule has 2 rings (SSSR count). The summed E-state index contributed by atoms with van der Waals surface area (Å²) in [6.45, 7) is 7.52. The molecule has 0 spiro atoms. The van der Waals surface area contributed by atoms with E-state index in [1.54, 1.807) is 32.2 Å². The Kier molecular flexibility index (Phi) is 3.94. The van der Waals surface area contributed by atoms with Gasteiger partial charge in [0.15, 0.2) is 0 Å². The van der Waals surface area contributed by atoms with Gasteiger partial charge in [-0.15, -0.1) is 0 Å². The summed E-state index contributed by atoms with van der Waals surface area (Å²) < 4.78 is 37.2. The zero-order chi connectivity index (χ0) is 14.9. The Labute approximate surface area is 119 Å². The lowest BCUT2D eigenvalue weighted by Gasteiger charge is -2.34. The molecule has 0 saturated heterocycles. The standard InChI is InChI=1S/C14H19NO4S/c1-10(2)9-20(16,17)15-8-11(3)19-14-6-5-12(18-4)7-13(14)15/h5-7,11H,1,8-9H2,2-4H3. The molecular weight excluding hydrogens is 278 g/mol. The van der Waals surface area contributed by atoms with E-state index in [4.69, 9.17) is 9.47 Å². The highest BCUT2D eigenvalue weighted by atomic mass is 32.2. The highest BCUT2D eigenvalue weighted by Gasteiger charge is 2.31. The fraction of sp³-hybridized carbons (Fsp3) is 0.429. The van der Waals surface area contributed by atoms with Crippen molar-refractivity contribution >= 4 is 15.7 Å². The number of hydrogen-bond donors (Lipinski definition) is 0. The molecular formula is C14H19NO4S. The van der Waals surface area contributed by atoms with Crippen molar-refractivity contribution < 1.29 is 17.9 Å². The first-order chi connectivity index (χ1) is 9.33. The highest BCUT2D eigenvalue weighted by Crippen LogP contribution is 2.38. The van der Waals surface area contributed by atoms with Gasteiger partial charge in [-0.1, -0.05) is 12.2 Å². The van der Waals surface area contributed by atoms with Crippen LogP contribution in [0.1, 0.15) is 13.8 Å². The number of hydrogen-bond acceptors (Lipinski definition) is 4. The van der Waals surface area contributed by atoms with E-state index in [1.165, 1.54) is 4.31 Å². The lowest BCUT2D eigenvalue weighted by atomic mass is 10.2. The summed E-state index contributed by atoms with van der Waals surface area (Å²) in [6, 6.07) is 5.16. The molecule has 110 valence electrons. The van der Waals surface area contributed by atoms with Crippen molar-refractivity contribution in [2.45, 2.75) is 20.0 Å². The predicted molar refractivity (Wildman–Crippen MR) is 79.0 cm³/mol. The molecule has 0 fully saturated rings. The summed E-state index contributed by atoms with van der Waals surface area (Å²) in [5.74, 6) is 1.07. The third kappa shape index (κ3) is 2.90. The second-order valence-electron chi connectivity index (χ2n) is 5.01. The van der Waals surface area contributed by atoms with Crippen molar-refractivity contribution in [3.8, 4) is 11.5 Å². The SMILES string of the molecule is C=C(C)CS(=O)(=O)N1CC(C)Oc2ccc(OC)cc21. The molecule has 0 N–H and O–H groups in total. The fourth-order valence-electron chi connectivity index (χ4n) is 2.16. The molecule has 1 heterocycles. The Hall–Kier alpha value is -1.69. The predicted octanol–water partition coefficient (Wildman–Crippen LogP) is 2.19. The molecule has 1 aliphatic rings. The van der Waals surface area contributed by atoms with Gasteiger partial charge in [-0.25, -0.2) is 8.42 Å². The largest absolute Gasteiger partial charge is 0.497 e. The summed E-state index contributed by atoms with van der Waals surface area (Å²) in [7, 11) is -1.91. The molecule has 0 aromatic heterocycles. The van der Waals surface area contributed by atoms with E-state index >= 15 is 0 Å². The van der Waals surface area contributed by atoms with E-state index in [0.717, 1.165) is 0 Å². The van der Waals surface area contributed by atoms with Gasteiger partial charge in [0, 0.05) is 6.07 Å². The van der Waals surface area contributed by atoms with Gasteiger partial charge in [0.2, 0.25) is 10.0 Å². The number of nitrogens with zero attached hydrogens (tertiary/aromatic N) is 1. The summed E-state index contributed by atoms with van der Waals surface area (Å²) in [5, 5.41) is 0. The monoisotopic (exact) mass is 297 g/mol. The van der Waals surface area contributed by atoms with Gasteiger partial charge < -0.3 is 9.47 Å². The molecule has 20 heavy (non-hydrogen) atoms. The van der Waals surface area contributed by atoms with Crippen molar-refractivity contribution in [1.29, 1.82) is 0 Å². The van der Waals surface area contributed by atoms with Gasteiger partial charge in [0.25, 0.3) is 0 Å². The van der Waals surface area contributed by atoms with E-state index in [0.29, 0.717) is 22.8 Å². The molecule has 1 aromatic rings. The van der Waals surface area contributed by atoms with Crippen molar-refractivity contribution in [1.82, 2.24) is 0 Å². The summed E-state index contributed by atoms with van der Waals surface area (Å²) in [6.07, 6.45) is -0.198. The van der Waals surface area contributed by atoms with Crippen LogP contribution in [0.3, 0.4) is 0 Å². The molecule has 1 unspecified atom stereocenters. The normalized spacial score (nSPS) is 18.1. The van der Waals surface area contributed by atoms with Gasteiger partial charge >= 0.3 is 0 Å². The Morgan fingerprint density at radius 3 is 2.85 bits per heavy atom. The molecule has 0 aliphatic carbocycles. The number of benzene rings is 1. The van der Waals surface area contributed by atoms with Gasteiger partial charge in [-0.3, -0.25) is 4.31 Å². The number of sulfonamides is 1. The first-order valence-corrected chi connectivity index (χ1v) is 7.94. The van der Waals surface area contributed by atoms with Gasteiger partial charge in [-0.05, 0) is 26.0 Å². The van der Waals surface area contributed by atoms with Crippen LogP contribution in [0.25, 0.3) is 0 Å². The van der Waals surface area contributed by atoms with E-state index in [2.05, 4.69) is 6.58 Å². The number of ether oxygens (including phenoxy) is 2. The highest BCUT2D eigenvalue weighted by molar-refractivity contribution is 7.93. The Morgan fingerprint density at radius 1 is 1.55 bits per heavy atom. The molecule has 0 saturated carbocycles. The number of fused-ring (bicyclic) bond motifs is 1. The second kappa shape index (κ2) is 5.36. The van der Waals surface area contributed by atoms with E-state index in [9.17, 15) is 8.42 Å². The maximum absolute atomic E-state index is 12.5. The molecule has 0 bridgehead atoms. The molecule has 1 atom stereocenters. The lowest BCUT2D eigenvalue weighted by Crippen LogP contribution is -2.43. The van der Waals surface area contributed by atoms with E-state index in [1.807, 2.05) is 6.92 Å². The first-order valence-electron chi connectivity index (χ1n) is 6.33. The Balaban J connectivity index is 2.48. The minimum atomic E-state index is -3.46. The van der Waals surface area contributed by atoms with Crippen LogP contribution in [0.5, 0.6) is 11.5 Å². The van der Waals surface area contributed by atoms with E-state index < -0.39 is 10.0 Å². The maximum atomic E-state index is 12.5. The van der Waals surface area contributed by atoms with Crippen molar-refractivity contribution in [2.24, 2.45) is 0 Å². The maximum Gasteiger partial charge on any atom is 0.239 e. The third-order valence-electron chi connectivity index (χ3n) is 2.95. The van der Waals surface area contributed by atoms with Gasteiger partial charge in [-0.2, -0.15) is 0 Å². The summed E-state index contributed by atoms with van der Waals surface area (Å²) in [5.41, 5.74) is 1.12. The van der Waals surface area contributed by atoms with Crippen LogP contribution in [0, 0.1) is 0 Å². The van der Waals surface area contributed by atoms with Crippen LogP contribution < -0.4 is 13.8 Å². The lowest BCUT2D eigenvalue weighted by molar-refractivity contribution is 0.219. The molecule has 0 radical (unpaired) electrons. The van der Waals surface area contributed by atoms with Crippen LogP contribution in [0.2, 0.25) is 0 Å². The van der Waals surface area contributed by atoms with Gasteiger partial charge in [0.1, 0.15) is 17.6 Å². The average molecular weight is 297 g/mol. The van der Waals surface area contributed by atoms with Crippen molar-refractivity contribution in [3.63, 3.8) is 0 Å². The quantitative estimate of drug-likeness (QED) is 0.799. The third-order valence-corrected chi connectivity index (χ3v) is 4.83.